The Bertz CT molecular complexity index is 1410. The van der Waals surface area contributed by atoms with Crippen molar-refractivity contribution in [3.63, 3.8) is 0 Å². The molecule has 1 amide bonds. The average molecular weight is 462 g/mol. The quantitative estimate of drug-likeness (QED) is 0.301. The molecule has 1 heterocycles. The average Bonchev–Trinajstić information content (AvgIpc) is 2.74. The third kappa shape index (κ3) is 4.13. The number of nitrogens with one attached hydrogen (secondary N) is 1. The van der Waals surface area contributed by atoms with Crippen LogP contribution in [0.2, 0.25) is 5.02 Å². The molecule has 0 fully saturated rings. The van der Waals surface area contributed by atoms with E-state index in [-0.39, 0.29) is 5.69 Å². The van der Waals surface area contributed by atoms with Gasteiger partial charge in [-0.3, -0.25) is 4.79 Å². The van der Waals surface area contributed by atoms with E-state index in [2.05, 4.69) is 5.32 Å². The third-order valence-corrected chi connectivity index (χ3v) is 5.23. The molecule has 0 aliphatic carbocycles. The van der Waals surface area contributed by atoms with Gasteiger partial charge in [-0.1, -0.05) is 29.8 Å². The molecule has 0 saturated heterocycles. The third-order valence-electron chi connectivity index (χ3n) is 4.90. The number of hydrogen-bond donors (Lipinski definition) is 1. The van der Waals surface area contributed by atoms with Crippen molar-refractivity contribution in [2.75, 3.05) is 11.9 Å². The molecule has 0 aliphatic rings. The largest absolute Gasteiger partial charge is 0.483 e. The van der Waals surface area contributed by atoms with E-state index in [0.29, 0.717) is 22.3 Å². The van der Waals surface area contributed by atoms with Crippen LogP contribution in [0.5, 0.6) is 5.75 Å². The normalized spacial score (nSPS) is 11.7. The lowest BCUT2D eigenvalue weighted by molar-refractivity contribution is -0.137. The molecule has 32 heavy (non-hydrogen) atoms. The van der Waals surface area contributed by atoms with Crippen LogP contribution in [0.3, 0.4) is 0 Å². The van der Waals surface area contributed by atoms with Crippen molar-refractivity contribution in [1.82, 2.24) is 0 Å². The SMILES string of the molecule is Cc1c(OCC(=O)Nc2ccc(Cl)c(C(F)(F)F)c2)ccc2c1oc(=O)c1ccccc12. The highest BCUT2D eigenvalue weighted by atomic mass is 35.5. The standard InChI is InChI=1S/C23H15ClF3NO4/c1-12-19(9-7-15-14-4-2-3-5-16(14)22(30)32-21(12)15)31-11-20(29)28-13-6-8-18(24)17(10-13)23(25,26)27/h2-10H,11H2,1H3,(H,28,29). The monoisotopic (exact) mass is 461 g/mol. The Balaban J connectivity index is 1.55. The summed E-state index contributed by atoms with van der Waals surface area (Å²) in [5, 5.41) is 3.78. The first-order valence-corrected chi connectivity index (χ1v) is 9.77. The van der Waals surface area contributed by atoms with Gasteiger partial charge >= 0.3 is 11.8 Å². The van der Waals surface area contributed by atoms with Crippen molar-refractivity contribution < 1.29 is 27.1 Å². The molecule has 4 aromatic rings. The second-order valence-electron chi connectivity index (χ2n) is 7.03. The van der Waals surface area contributed by atoms with Crippen molar-refractivity contribution in [3.8, 4) is 5.75 Å². The van der Waals surface area contributed by atoms with E-state index in [0.717, 1.165) is 22.9 Å². The number of benzene rings is 3. The van der Waals surface area contributed by atoms with Crippen LogP contribution >= 0.6 is 11.6 Å². The molecule has 0 radical (unpaired) electrons. The van der Waals surface area contributed by atoms with Gasteiger partial charge in [0.05, 0.1) is 16.0 Å². The lowest BCUT2D eigenvalue weighted by atomic mass is 10.0. The van der Waals surface area contributed by atoms with Gasteiger partial charge in [0.15, 0.2) is 6.61 Å². The van der Waals surface area contributed by atoms with Gasteiger partial charge in [0, 0.05) is 16.6 Å². The predicted octanol–water partition coefficient (Wildman–Crippen LogP) is 5.94. The zero-order valence-electron chi connectivity index (χ0n) is 16.5. The van der Waals surface area contributed by atoms with Crippen LogP contribution in [0.25, 0.3) is 21.7 Å². The minimum atomic E-state index is -4.65. The Labute approximate surface area is 184 Å². The molecule has 0 aliphatic heterocycles. The van der Waals surface area contributed by atoms with Gasteiger partial charge in [-0.2, -0.15) is 13.2 Å². The maximum atomic E-state index is 13.0. The maximum Gasteiger partial charge on any atom is 0.417 e. The van der Waals surface area contributed by atoms with Crippen LogP contribution in [-0.2, 0) is 11.0 Å². The van der Waals surface area contributed by atoms with Crippen molar-refractivity contribution in [2.45, 2.75) is 13.1 Å². The van der Waals surface area contributed by atoms with Crippen molar-refractivity contribution in [1.29, 1.82) is 0 Å². The number of ether oxygens (including phenoxy) is 1. The Morgan fingerprint density at radius 2 is 1.78 bits per heavy atom. The van der Waals surface area contributed by atoms with E-state index in [9.17, 15) is 22.8 Å². The molecular formula is C23H15ClF3NO4. The van der Waals surface area contributed by atoms with Gasteiger partial charge in [0.2, 0.25) is 0 Å². The Morgan fingerprint density at radius 1 is 1.06 bits per heavy atom. The molecule has 0 unspecified atom stereocenters. The number of hydrogen-bond acceptors (Lipinski definition) is 4. The van der Waals surface area contributed by atoms with Gasteiger partial charge in [0.25, 0.3) is 5.91 Å². The smallest absolute Gasteiger partial charge is 0.417 e. The van der Waals surface area contributed by atoms with Gasteiger partial charge in [-0.05, 0) is 48.7 Å². The number of fused-ring (bicyclic) bond motifs is 3. The van der Waals surface area contributed by atoms with Crippen LogP contribution in [0, 0.1) is 6.92 Å². The number of carbonyl (C=O) groups excluding carboxylic acids is 1. The molecular weight excluding hydrogens is 447 g/mol. The predicted molar refractivity (Wildman–Crippen MR) is 115 cm³/mol. The van der Waals surface area contributed by atoms with E-state index in [1.165, 1.54) is 6.07 Å². The van der Waals surface area contributed by atoms with Gasteiger partial charge < -0.3 is 14.5 Å². The van der Waals surface area contributed by atoms with Crippen molar-refractivity contribution in [3.05, 3.63) is 81.2 Å². The van der Waals surface area contributed by atoms with Gasteiger partial charge in [0.1, 0.15) is 11.3 Å². The molecule has 0 spiro atoms. The number of halogens is 4. The second-order valence-corrected chi connectivity index (χ2v) is 7.44. The second kappa shape index (κ2) is 8.20. The van der Waals surface area contributed by atoms with E-state index in [1.54, 1.807) is 31.2 Å². The summed E-state index contributed by atoms with van der Waals surface area (Å²) in [6.07, 6.45) is -4.65. The number of aryl methyl sites for hydroxylation is 1. The highest BCUT2D eigenvalue weighted by Gasteiger charge is 2.33. The highest BCUT2D eigenvalue weighted by molar-refractivity contribution is 6.31. The lowest BCUT2D eigenvalue weighted by Gasteiger charge is -2.13. The summed E-state index contributed by atoms with van der Waals surface area (Å²) in [6.45, 7) is 1.22. The number of anilines is 1. The summed E-state index contributed by atoms with van der Waals surface area (Å²) in [5.74, 6) is -0.363. The molecule has 164 valence electrons. The zero-order valence-corrected chi connectivity index (χ0v) is 17.3. The van der Waals surface area contributed by atoms with Crippen molar-refractivity contribution in [2.24, 2.45) is 0 Å². The fourth-order valence-electron chi connectivity index (χ4n) is 3.38. The summed E-state index contributed by atoms with van der Waals surface area (Å²) in [7, 11) is 0. The lowest BCUT2D eigenvalue weighted by Crippen LogP contribution is -2.21. The first-order chi connectivity index (χ1) is 15.1. The van der Waals surface area contributed by atoms with Gasteiger partial charge in [-0.15, -0.1) is 0 Å². The minimum absolute atomic E-state index is 0.0666. The van der Waals surface area contributed by atoms with E-state index < -0.39 is 34.9 Å². The Morgan fingerprint density at radius 3 is 2.50 bits per heavy atom. The summed E-state index contributed by atoms with van der Waals surface area (Å²) in [6, 6.07) is 13.5. The summed E-state index contributed by atoms with van der Waals surface area (Å²) in [4.78, 5) is 24.5. The van der Waals surface area contributed by atoms with Crippen LogP contribution < -0.4 is 15.7 Å². The van der Waals surface area contributed by atoms with Crippen molar-refractivity contribution >= 4 is 44.9 Å². The molecule has 5 nitrogen and oxygen atoms in total. The van der Waals surface area contributed by atoms with Crippen LogP contribution in [0.1, 0.15) is 11.1 Å². The summed E-state index contributed by atoms with van der Waals surface area (Å²) >= 11 is 5.58. The molecule has 4 rings (SSSR count). The molecule has 1 N–H and O–H groups in total. The fourth-order valence-corrected chi connectivity index (χ4v) is 3.60. The molecule has 3 aromatic carbocycles. The molecule has 0 atom stereocenters. The summed E-state index contributed by atoms with van der Waals surface area (Å²) in [5.41, 5.74) is -0.758. The number of alkyl halides is 3. The van der Waals surface area contributed by atoms with Crippen LogP contribution in [0.4, 0.5) is 18.9 Å². The zero-order chi connectivity index (χ0) is 23.0. The fraction of sp³-hybridized carbons (Fsp3) is 0.130. The molecule has 0 saturated carbocycles. The topological polar surface area (TPSA) is 68.5 Å². The molecule has 1 aromatic heterocycles. The first kappa shape index (κ1) is 21.7. The Kier molecular flexibility index (Phi) is 5.56. The molecule has 0 bridgehead atoms. The number of amides is 1. The Hall–Kier alpha value is -3.52. The number of rotatable bonds is 4. The van der Waals surface area contributed by atoms with Gasteiger partial charge in [-0.25, -0.2) is 4.79 Å². The molecule has 9 heteroatoms. The van der Waals surface area contributed by atoms with E-state index in [1.807, 2.05) is 12.1 Å². The first-order valence-electron chi connectivity index (χ1n) is 9.39. The highest BCUT2D eigenvalue weighted by Crippen LogP contribution is 2.36. The number of carbonyl (C=O) groups is 1. The van der Waals surface area contributed by atoms with Crippen LogP contribution in [0.15, 0.2) is 63.8 Å². The van der Waals surface area contributed by atoms with E-state index in [4.69, 9.17) is 20.8 Å². The van der Waals surface area contributed by atoms with E-state index >= 15 is 0 Å². The minimum Gasteiger partial charge on any atom is -0.483 e. The van der Waals surface area contributed by atoms with Crippen LogP contribution in [-0.4, -0.2) is 12.5 Å². The maximum absolute atomic E-state index is 13.0. The summed E-state index contributed by atoms with van der Waals surface area (Å²) < 4.78 is 49.9.